The highest BCUT2D eigenvalue weighted by Gasteiger charge is 2.24. The highest BCUT2D eigenvalue weighted by molar-refractivity contribution is 6.24. The van der Waals surface area contributed by atoms with E-state index in [1.165, 1.54) is 44.5 Å². The van der Waals surface area contributed by atoms with E-state index in [-0.39, 0.29) is 0 Å². The van der Waals surface area contributed by atoms with Crippen LogP contribution in [-0.4, -0.2) is 0 Å². The van der Waals surface area contributed by atoms with Gasteiger partial charge in [-0.3, -0.25) is 0 Å². The Hall–Kier alpha value is -9.64. The van der Waals surface area contributed by atoms with Gasteiger partial charge in [0.1, 0.15) is 22.3 Å². The summed E-state index contributed by atoms with van der Waals surface area (Å²) in [6.45, 7) is 8.80. The van der Waals surface area contributed by atoms with Crippen LogP contribution in [0.25, 0.3) is 98.8 Å². The number of fused-ring (bicyclic) bond motifs is 8. The van der Waals surface area contributed by atoms with E-state index >= 15 is 0 Å². The van der Waals surface area contributed by atoms with Crippen LogP contribution in [0, 0.1) is 27.7 Å². The number of furan rings is 2. The quantitative estimate of drug-likeness (QED) is 0.144. The molecule has 4 nitrogen and oxygen atoms in total. The second-order valence-corrected chi connectivity index (χ2v) is 20.3. The third kappa shape index (κ3) is 7.60. The molecule has 4 heteroatoms. The van der Waals surface area contributed by atoms with E-state index in [4.69, 9.17) is 8.83 Å². The van der Waals surface area contributed by atoms with Crippen molar-refractivity contribution in [3.63, 3.8) is 0 Å². The van der Waals surface area contributed by atoms with E-state index in [0.717, 1.165) is 111 Å². The Bertz CT molecular complexity index is 4300. The monoisotopic (exact) mass is 976 g/mol. The fourth-order valence-electron chi connectivity index (χ4n) is 11.6. The lowest BCUT2D eigenvalue weighted by atomic mass is 9.97. The molecule has 0 aliphatic rings. The third-order valence-corrected chi connectivity index (χ3v) is 15.5. The second-order valence-electron chi connectivity index (χ2n) is 20.3. The average Bonchev–Trinajstić information content (AvgIpc) is 4.04. The van der Waals surface area contributed by atoms with E-state index in [0.29, 0.717) is 0 Å². The number of nitrogens with zero attached hydrogens (tertiary/aromatic N) is 2. The molecule has 0 fully saturated rings. The van der Waals surface area contributed by atoms with Crippen LogP contribution in [0.2, 0.25) is 0 Å². The molecule has 12 aromatic carbocycles. The van der Waals surface area contributed by atoms with E-state index in [1.807, 2.05) is 0 Å². The molecule has 0 saturated carbocycles. The van der Waals surface area contributed by atoms with Gasteiger partial charge in [0, 0.05) is 55.7 Å². The number of aryl methyl sites for hydroxylation is 4. The van der Waals surface area contributed by atoms with E-state index < -0.39 is 0 Å². The molecule has 0 aliphatic carbocycles. The number of para-hydroxylation sites is 2. The number of hydrogen-bond donors (Lipinski definition) is 0. The standard InChI is InChI=1S/C72H52N2O2/c1-45-18-14-16-26-64(45)73(66-34-30-52(36-47(66)3)49-20-8-5-9-21-49)58-32-28-54-40-60-62-44-63-61-41-55-29-33-59(74(65-27-17-15-19-46(65)2)67-35-31-53(37-48(67)4)50-22-10-6-11-23-50)39-57(55)43-69(61)76-72(63)70(51-24-12-7-13-25-51)71(62)75-68(60)42-56(54)38-58/h5-44H,1-4H3. The Labute approximate surface area is 441 Å². The molecule has 2 heterocycles. The Balaban J connectivity index is 0.905. The lowest BCUT2D eigenvalue weighted by Crippen LogP contribution is -2.12. The molecule has 0 saturated heterocycles. The molecule has 0 amide bonds. The zero-order chi connectivity index (χ0) is 51.0. The normalized spacial score (nSPS) is 11.7. The summed E-state index contributed by atoms with van der Waals surface area (Å²) in [5.41, 5.74) is 21.6. The summed E-state index contributed by atoms with van der Waals surface area (Å²) in [5.74, 6) is 0. The van der Waals surface area contributed by atoms with E-state index in [9.17, 15) is 0 Å². The smallest absolute Gasteiger partial charge is 0.147 e. The van der Waals surface area contributed by atoms with Crippen molar-refractivity contribution in [3.05, 3.63) is 265 Å². The van der Waals surface area contributed by atoms with Crippen molar-refractivity contribution in [2.75, 3.05) is 9.80 Å². The third-order valence-electron chi connectivity index (χ3n) is 15.5. The van der Waals surface area contributed by atoms with Gasteiger partial charge < -0.3 is 18.6 Å². The van der Waals surface area contributed by atoms with Crippen LogP contribution < -0.4 is 9.80 Å². The lowest BCUT2D eigenvalue weighted by Gasteiger charge is -2.29. The average molecular weight is 977 g/mol. The molecule has 14 aromatic rings. The molecule has 0 bridgehead atoms. The minimum Gasteiger partial charge on any atom is -0.455 e. The first-order chi connectivity index (χ1) is 37.3. The summed E-state index contributed by atoms with van der Waals surface area (Å²) in [6.07, 6.45) is 0. The fraction of sp³-hybridized carbons (Fsp3) is 0.0556. The van der Waals surface area contributed by atoms with Crippen LogP contribution in [0.4, 0.5) is 34.1 Å². The zero-order valence-electron chi connectivity index (χ0n) is 42.8. The summed E-state index contributed by atoms with van der Waals surface area (Å²) < 4.78 is 14.2. The summed E-state index contributed by atoms with van der Waals surface area (Å²) in [4.78, 5) is 4.79. The van der Waals surface area contributed by atoms with E-state index in [1.54, 1.807) is 0 Å². The minimum atomic E-state index is 0.813. The zero-order valence-corrected chi connectivity index (χ0v) is 42.8. The molecule has 0 aliphatic heterocycles. The van der Waals surface area contributed by atoms with Crippen LogP contribution in [0.3, 0.4) is 0 Å². The first-order valence-corrected chi connectivity index (χ1v) is 26.1. The van der Waals surface area contributed by atoms with Crippen LogP contribution in [0.5, 0.6) is 0 Å². The molecule has 0 unspecified atom stereocenters. The van der Waals surface area contributed by atoms with Crippen molar-refractivity contribution in [3.8, 4) is 33.4 Å². The molecule has 0 radical (unpaired) electrons. The number of rotatable bonds is 9. The Morgan fingerprint density at radius 2 is 0.658 bits per heavy atom. The van der Waals surface area contributed by atoms with Gasteiger partial charge in [0.2, 0.25) is 0 Å². The molecular weight excluding hydrogens is 925 g/mol. The lowest BCUT2D eigenvalue weighted by molar-refractivity contribution is 0.658. The largest absolute Gasteiger partial charge is 0.455 e. The van der Waals surface area contributed by atoms with Gasteiger partial charge in [-0.25, -0.2) is 0 Å². The maximum atomic E-state index is 7.09. The maximum Gasteiger partial charge on any atom is 0.147 e. The molecule has 0 N–H and O–H groups in total. The fourth-order valence-corrected chi connectivity index (χ4v) is 11.6. The molecule has 14 rings (SSSR count). The Kier molecular flexibility index (Phi) is 10.7. The van der Waals surface area contributed by atoms with Gasteiger partial charge in [-0.1, -0.05) is 152 Å². The summed E-state index contributed by atoms with van der Waals surface area (Å²) >= 11 is 0. The minimum absolute atomic E-state index is 0.813. The van der Waals surface area contributed by atoms with Gasteiger partial charge in [0.25, 0.3) is 0 Å². The van der Waals surface area contributed by atoms with Crippen LogP contribution in [0.1, 0.15) is 22.3 Å². The van der Waals surface area contributed by atoms with E-state index in [2.05, 4.69) is 280 Å². The summed E-state index contributed by atoms with van der Waals surface area (Å²) in [5, 5.41) is 8.74. The van der Waals surface area contributed by atoms with Crippen LogP contribution in [-0.2, 0) is 0 Å². The van der Waals surface area contributed by atoms with Crippen molar-refractivity contribution in [1.29, 1.82) is 0 Å². The molecule has 2 aromatic heterocycles. The van der Waals surface area contributed by atoms with Crippen molar-refractivity contribution in [2.45, 2.75) is 27.7 Å². The van der Waals surface area contributed by atoms with Gasteiger partial charge >= 0.3 is 0 Å². The molecule has 362 valence electrons. The van der Waals surface area contributed by atoms with Crippen molar-refractivity contribution < 1.29 is 8.83 Å². The van der Waals surface area contributed by atoms with Gasteiger partial charge in [0.05, 0.1) is 5.56 Å². The molecule has 0 spiro atoms. The first-order valence-electron chi connectivity index (χ1n) is 26.1. The Morgan fingerprint density at radius 3 is 1.08 bits per heavy atom. The maximum absolute atomic E-state index is 7.09. The number of hydrogen-bond acceptors (Lipinski definition) is 4. The predicted molar refractivity (Wildman–Crippen MR) is 321 cm³/mol. The van der Waals surface area contributed by atoms with Crippen LogP contribution >= 0.6 is 0 Å². The van der Waals surface area contributed by atoms with Crippen molar-refractivity contribution in [2.24, 2.45) is 0 Å². The number of anilines is 6. The number of benzene rings is 12. The SMILES string of the molecule is Cc1ccccc1N(c1ccc2cc3c(cc2c1)oc1c(-c2ccccc2)c2oc4cc5cc(N(c6ccccc6C)c6ccc(-c7ccccc7)cc6C)ccc5cc4c2cc13)c1ccc(-c2ccccc2)cc1C. The molecule has 76 heavy (non-hydrogen) atoms. The molecule has 0 atom stereocenters. The Morgan fingerprint density at radius 1 is 0.263 bits per heavy atom. The highest BCUT2D eigenvalue weighted by Crippen LogP contribution is 2.48. The van der Waals surface area contributed by atoms with Crippen LogP contribution in [0.15, 0.2) is 251 Å². The van der Waals surface area contributed by atoms with Gasteiger partial charge in [0.15, 0.2) is 0 Å². The van der Waals surface area contributed by atoms with Crippen molar-refractivity contribution in [1.82, 2.24) is 0 Å². The summed E-state index contributed by atoms with van der Waals surface area (Å²) in [7, 11) is 0. The predicted octanol–water partition coefficient (Wildman–Crippen LogP) is 21.0. The molecular formula is C72H52N2O2. The van der Waals surface area contributed by atoms with Gasteiger partial charge in [-0.15, -0.1) is 0 Å². The van der Waals surface area contributed by atoms with Crippen molar-refractivity contribution >= 4 is 99.5 Å². The van der Waals surface area contributed by atoms with Gasteiger partial charge in [-0.2, -0.15) is 0 Å². The highest BCUT2D eigenvalue weighted by atomic mass is 16.3. The summed E-state index contributed by atoms with van der Waals surface area (Å²) in [6, 6.07) is 87.6. The topological polar surface area (TPSA) is 32.8 Å². The van der Waals surface area contributed by atoms with Gasteiger partial charge in [-0.05, 0) is 190 Å². The first kappa shape index (κ1) is 45.0. The second kappa shape index (κ2) is 18.1.